The third-order valence-corrected chi connectivity index (χ3v) is 5.47. The molecule has 201 valence electrons. The summed E-state index contributed by atoms with van der Waals surface area (Å²) in [6.07, 6.45) is 12.5. The summed E-state index contributed by atoms with van der Waals surface area (Å²) in [6, 6.07) is 25.2. The van der Waals surface area contributed by atoms with Crippen LogP contribution in [-0.2, 0) is 19.8 Å². The minimum atomic E-state index is -0.471. The predicted molar refractivity (Wildman–Crippen MR) is 151 cm³/mol. The van der Waals surface area contributed by atoms with Crippen LogP contribution in [0, 0.1) is 19.9 Å². The van der Waals surface area contributed by atoms with Gasteiger partial charge in [-0.2, -0.15) is 10.2 Å². The molecule has 40 heavy (non-hydrogen) atoms. The third-order valence-electron chi connectivity index (χ3n) is 5.25. The molecule has 5 aromatic heterocycles. The molecule has 6 aromatic rings. The monoisotopic (exact) mass is 726 g/mol. The van der Waals surface area contributed by atoms with Gasteiger partial charge in [-0.1, -0.05) is 12.1 Å². The van der Waals surface area contributed by atoms with Gasteiger partial charge in [0.05, 0.1) is 0 Å². The van der Waals surface area contributed by atoms with Gasteiger partial charge < -0.3 is 4.98 Å². The number of hydrogen-bond acceptors (Lipinski definition) is 6. The zero-order valence-electron chi connectivity index (χ0n) is 21.7. The van der Waals surface area contributed by atoms with Crippen molar-refractivity contribution in [1.29, 1.82) is 0 Å². The summed E-state index contributed by atoms with van der Waals surface area (Å²) >= 11 is 5.39. The van der Waals surface area contributed by atoms with Crippen LogP contribution in [0.25, 0.3) is 22.9 Å². The van der Waals surface area contributed by atoms with Crippen molar-refractivity contribution in [2.24, 2.45) is 0 Å². The standard InChI is InChI=1S/C12H7ClNO.2C9H9N3.Os/c13-12(15)10-5-3-4-9(8-10)11-6-1-2-7-14-11;2*1-8-3-5-10-9(7-8)12-6-2-4-11-12;/h1-3,5-8H;2*2-7H,1H3;/q-1;;;+1. The first-order valence-corrected chi connectivity index (χ1v) is 12.4. The quantitative estimate of drug-likeness (QED) is 0.162. The van der Waals surface area contributed by atoms with Crippen molar-refractivity contribution in [2.75, 3.05) is 0 Å². The Morgan fingerprint density at radius 2 is 1.32 bits per heavy atom. The van der Waals surface area contributed by atoms with Gasteiger partial charge in [0.1, 0.15) is 0 Å². The molecule has 0 N–H and O–H groups in total. The summed E-state index contributed by atoms with van der Waals surface area (Å²) in [5.41, 5.74) is 4.38. The maximum absolute atomic E-state index is 11.0. The number of aromatic nitrogens is 7. The molecule has 0 aliphatic carbocycles. The fourth-order valence-electron chi connectivity index (χ4n) is 3.36. The van der Waals surface area contributed by atoms with Crippen molar-refractivity contribution in [2.45, 2.75) is 13.8 Å². The Balaban J connectivity index is 0.000000165. The van der Waals surface area contributed by atoms with Gasteiger partial charge in [0, 0.05) is 43.4 Å². The molecule has 0 saturated heterocycles. The molecule has 0 spiro atoms. The molecule has 0 amide bonds. The maximum atomic E-state index is 11.0. The van der Waals surface area contributed by atoms with Gasteiger partial charge in [0.2, 0.25) is 5.24 Å². The maximum Gasteiger partial charge on any atom is 1.00 e. The molecule has 6 rings (SSSR count). The predicted octanol–water partition coefficient (Wildman–Crippen LogP) is 6.08. The molecule has 0 aliphatic rings. The van der Waals surface area contributed by atoms with Crippen LogP contribution in [0.3, 0.4) is 0 Å². The molecule has 5 heterocycles. The SMILES string of the molecule is Cc1ccnc(-n2cccn2)c1.Cc1ccnc(-n2cccn2)c1.O=C(Cl)c1cc[c-]c(-c2ccccn2)c1.[Os+]. The molecular weight excluding hydrogens is 700 g/mol. The van der Waals surface area contributed by atoms with E-state index in [2.05, 4.69) is 31.2 Å². The largest absolute Gasteiger partial charge is 1.00 e. The zero-order valence-corrected chi connectivity index (χ0v) is 25.0. The Bertz CT molecular complexity index is 1530. The van der Waals surface area contributed by atoms with Crippen molar-refractivity contribution >= 4 is 16.8 Å². The Morgan fingerprint density at radius 1 is 0.725 bits per heavy atom. The number of pyridine rings is 3. The van der Waals surface area contributed by atoms with E-state index in [1.807, 2.05) is 80.8 Å². The van der Waals surface area contributed by atoms with Crippen molar-refractivity contribution < 1.29 is 24.6 Å². The molecule has 1 aromatic carbocycles. The first kappa shape index (κ1) is 30.2. The Kier molecular flexibility index (Phi) is 11.6. The van der Waals surface area contributed by atoms with Crippen LogP contribution in [0.1, 0.15) is 21.5 Å². The third kappa shape index (κ3) is 8.87. The molecule has 0 fully saturated rings. The molecule has 8 nitrogen and oxygen atoms in total. The fourth-order valence-corrected chi connectivity index (χ4v) is 3.48. The number of nitrogens with zero attached hydrogens (tertiary/aromatic N) is 7. The van der Waals surface area contributed by atoms with Crippen LogP contribution in [-0.4, -0.2) is 39.8 Å². The van der Waals surface area contributed by atoms with Crippen LogP contribution in [0.15, 0.2) is 116 Å². The van der Waals surface area contributed by atoms with Gasteiger partial charge in [-0.3, -0.25) is 4.79 Å². The molecular formula is C30H25ClN7OOs. The molecule has 0 aliphatic heterocycles. The van der Waals surface area contributed by atoms with E-state index in [9.17, 15) is 4.79 Å². The van der Waals surface area contributed by atoms with Crippen molar-refractivity contribution in [3.63, 3.8) is 0 Å². The van der Waals surface area contributed by atoms with Gasteiger partial charge in [0.25, 0.3) is 0 Å². The summed E-state index contributed by atoms with van der Waals surface area (Å²) in [5, 5.41) is 7.69. The molecule has 0 unspecified atom stereocenters. The van der Waals surface area contributed by atoms with E-state index < -0.39 is 5.24 Å². The van der Waals surface area contributed by atoms with Gasteiger partial charge in [-0.05, 0) is 90.3 Å². The van der Waals surface area contributed by atoms with Crippen LogP contribution in [0.4, 0.5) is 0 Å². The summed E-state index contributed by atoms with van der Waals surface area (Å²) in [7, 11) is 0. The topological polar surface area (TPSA) is 91.4 Å². The molecule has 0 atom stereocenters. The van der Waals surface area contributed by atoms with E-state index in [-0.39, 0.29) is 19.8 Å². The zero-order chi connectivity index (χ0) is 27.5. The van der Waals surface area contributed by atoms with E-state index in [1.165, 1.54) is 11.1 Å². The second-order valence-corrected chi connectivity index (χ2v) is 8.61. The van der Waals surface area contributed by atoms with Gasteiger partial charge in [-0.25, -0.2) is 19.3 Å². The summed E-state index contributed by atoms with van der Waals surface area (Å²) in [4.78, 5) is 23.5. The Morgan fingerprint density at radius 3 is 1.77 bits per heavy atom. The fraction of sp³-hybridized carbons (Fsp3) is 0.0667. The Hall–Kier alpha value is -4.31. The molecule has 0 bridgehead atoms. The van der Waals surface area contributed by atoms with E-state index in [0.29, 0.717) is 5.56 Å². The van der Waals surface area contributed by atoms with Gasteiger partial charge >= 0.3 is 19.8 Å². The van der Waals surface area contributed by atoms with E-state index in [1.54, 1.807) is 58.5 Å². The molecule has 1 radical (unpaired) electrons. The summed E-state index contributed by atoms with van der Waals surface area (Å²) in [6.45, 7) is 4.07. The number of rotatable bonds is 4. The van der Waals surface area contributed by atoms with Crippen molar-refractivity contribution in [1.82, 2.24) is 34.5 Å². The second kappa shape index (κ2) is 15.3. The van der Waals surface area contributed by atoms with Crippen molar-refractivity contribution in [3.05, 3.63) is 139 Å². The summed E-state index contributed by atoms with van der Waals surface area (Å²) < 4.78 is 3.49. The van der Waals surface area contributed by atoms with Gasteiger partial charge in [0.15, 0.2) is 11.6 Å². The normalized spacial score (nSPS) is 9.78. The number of aryl methyl sites for hydroxylation is 2. The Labute approximate surface area is 250 Å². The van der Waals surface area contributed by atoms with Crippen LogP contribution in [0.2, 0.25) is 0 Å². The number of carbonyl (C=O) groups is 1. The van der Waals surface area contributed by atoms with E-state index >= 15 is 0 Å². The first-order valence-electron chi connectivity index (χ1n) is 12.0. The number of benzene rings is 1. The number of hydrogen-bond donors (Lipinski definition) is 0. The van der Waals surface area contributed by atoms with E-state index in [4.69, 9.17) is 11.6 Å². The summed E-state index contributed by atoms with van der Waals surface area (Å²) in [5.74, 6) is 1.72. The molecule has 10 heteroatoms. The smallest absolute Gasteiger partial charge is 0.305 e. The minimum Gasteiger partial charge on any atom is -0.305 e. The molecule has 0 saturated carbocycles. The van der Waals surface area contributed by atoms with Crippen LogP contribution < -0.4 is 0 Å². The number of halogens is 1. The average molecular weight is 725 g/mol. The van der Waals surface area contributed by atoms with E-state index in [0.717, 1.165) is 22.9 Å². The van der Waals surface area contributed by atoms with Crippen LogP contribution in [0.5, 0.6) is 0 Å². The van der Waals surface area contributed by atoms with Crippen LogP contribution >= 0.6 is 11.6 Å². The average Bonchev–Trinajstić information content (AvgIpc) is 3.70. The van der Waals surface area contributed by atoms with Gasteiger partial charge in [-0.15, -0.1) is 29.8 Å². The second-order valence-electron chi connectivity index (χ2n) is 8.26. The number of carbonyl (C=O) groups excluding carboxylic acids is 1. The minimum absolute atomic E-state index is 0. The van der Waals surface area contributed by atoms with Crippen molar-refractivity contribution in [3.8, 4) is 22.9 Å². The first-order chi connectivity index (χ1) is 19.0.